The largest absolute Gasteiger partial charge is 0.360 e. The summed E-state index contributed by atoms with van der Waals surface area (Å²) in [6.07, 6.45) is 0. The molecule has 2 aromatic heterocycles. The van der Waals surface area contributed by atoms with E-state index >= 15 is 0 Å². The zero-order valence-corrected chi connectivity index (χ0v) is 13.6. The van der Waals surface area contributed by atoms with E-state index in [1.54, 1.807) is 25.1 Å². The van der Waals surface area contributed by atoms with Crippen LogP contribution in [0.3, 0.4) is 0 Å². The maximum Gasteiger partial charge on any atom is 0.276 e. The minimum Gasteiger partial charge on any atom is -0.360 e. The highest BCUT2D eigenvalue weighted by molar-refractivity contribution is 6.03. The number of hydrogen-bond acceptors (Lipinski definition) is 6. The Bertz CT molecular complexity index is 871. The molecule has 3 rings (SSSR count). The number of nitrogens with one attached hydrogen (secondary N) is 2. The molecule has 24 heavy (non-hydrogen) atoms. The summed E-state index contributed by atoms with van der Waals surface area (Å²) in [5, 5.41) is 17.5. The number of aryl methyl sites for hydroxylation is 3. The first kappa shape index (κ1) is 15.7. The molecule has 0 aliphatic heterocycles. The standard InChI is InChI=1S/C17H17N5O2/c1-10-4-5-11(2)14(8-10)18-17(23)13-6-7-15(21-20-13)19-16-9-12(3)24-22-16/h4-9H,1-3H3,(H,18,23)(H,19,21,22). The molecule has 1 aromatic carbocycles. The van der Waals surface area contributed by atoms with Crippen molar-refractivity contribution in [3.8, 4) is 0 Å². The van der Waals surface area contributed by atoms with Crippen LogP contribution in [0.4, 0.5) is 17.3 Å². The van der Waals surface area contributed by atoms with Gasteiger partial charge < -0.3 is 15.2 Å². The van der Waals surface area contributed by atoms with E-state index < -0.39 is 0 Å². The lowest BCUT2D eigenvalue weighted by Crippen LogP contribution is -2.15. The number of carbonyl (C=O) groups excluding carboxylic acids is 1. The minimum atomic E-state index is -0.306. The van der Waals surface area contributed by atoms with Crippen molar-refractivity contribution in [3.05, 3.63) is 59.0 Å². The third-order valence-electron chi connectivity index (χ3n) is 3.42. The summed E-state index contributed by atoms with van der Waals surface area (Å²) < 4.78 is 4.96. The first-order valence-electron chi connectivity index (χ1n) is 7.44. The van der Waals surface area contributed by atoms with Gasteiger partial charge in [0.25, 0.3) is 5.91 Å². The van der Waals surface area contributed by atoms with Crippen LogP contribution in [-0.2, 0) is 0 Å². The Labute approximate surface area is 139 Å². The average molecular weight is 323 g/mol. The van der Waals surface area contributed by atoms with Crippen LogP contribution in [0.25, 0.3) is 0 Å². The van der Waals surface area contributed by atoms with Crippen molar-refractivity contribution >= 4 is 23.2 Å². The van der Waals surface area contributed by atoms with Crippen molar-refractivity contribution in [2.24, 2.45) is 0 Å². The summed E-state index contributed by atoms with van der Waals surface area (Å²) in [5.74, 6) is 1.40. The van der Waals surface area contributed by atoms with Gasteiger partial charge in [-0.3, -0.25) is 4.79 Å². The molecule has 2 N–H and O–H groups in total. The van der Waals surface area contributed by atoms with E-state index in [0.717, 1.165) is 16.8 Å². The SMILES string of the molecule is Cc1ccc(C)c(NC(=O)c2ccc(Nc3cc(C)on3)nn2)c1. The normalized spacial score (nSPS) is 10.5. The summed E-state index contributed by atoms with van der Waals surface area (Å²) in [6.45, 7) is 5.71. The number of anilines is 3. The Morgan fingerprint density at radius 3 is 2.50 bits per heavy atom. The summed E-state index contributed by atoms with van der Waals surface area (Å²) in [7, 11) is 0. The Kier molecular flexibility index (Phi) is 4.24. The van der Waals surface area contributed by atoms with Crippen LogP contribution in [-0.4, -0.2) is 21.3 Å². The molecule has 0 fully saturated rings. The van der Waals surface area contributed by atoms with Crippen molar-refractivity contribution in [1.82, 2.24) is 15.4 Å². The molecule has 3 aromatic rings. The molecule has 122 valence electrons. The van der Waals surface area contributed by atoms with E-state index in [0.29, 0.717) is 17.4 Å². The molecule has 0 atom stereocenters. The van der Waals surface area contributed by atoms with Crippen LogP contribution in [0.1, 0.15) is 27.4 Å². The van der Waals surface area contributed by atoms with Gasteiger partial charge in [0, 0.05) is 11.8 Å². The van der Waals surface area contributed by atoms with Crippen molar-refractivity contribution in [2.75, 3.05) is 10.6 Å². The van der Waals surface area contributed by atoms with Gasteiger partial charge in [0.1, 0.15) is 5.76 Å². The van der Waals surface area contributed by atoms with Gasteiger partial charge in [-0.05, 0) is 50.1 Å². The van der Waals surface area contributed by atoms with Crippen LogP contribution in [0, 0.1) is 20.8 Å². The Hall–Kier alpha value is -3.22. The highest BCUT2D eigenvalue weighted by Gasteiger charge is 2.11. The maximum atomic E-state index is 12.3. The van der Waals surface area contributed by atoms with Crippen molar-refractivity contribution in [1.29, 1.82) is 0 Å². The van der Waals surface area contributed by atoms with Crippen LogP contribution < -0.4 is 10.6 Å². The van der Waals surface area contributed by atoms with E-state index in [1.165, 1.54) is 0 Å². The van der Waals surface area contributed by atoms with E-state index in [9.17, 15) is 4.79 Å². The second-order valence-electron chi connectivity index (χ2n) is 5.52. The number of nitrogens with zero attached hydrogens (tertiary/aromatic N) is 3. The van der Waals surface area contributed by atoms with Gasteiger partial charge in [0.15, 0.2) is 17.3 Å². The minimum absolute atomic E-state index is 0.234. The fourth-order valence-corrected chi connectivity index (χ4v) is 2.13. The molecular weight excluding hydrogens is 306 g/mol. The Morgan fingerprint density at radius 2 is 1.83 bits per heavy atom. The van der Waals surface area contributed by atoms with E-state index in [4.69, 9.17) is 4.52 Å². The fraction of sp³-hybridized carbons (Fsp3) is 0.176. The molecule has 7 heteroatoms. The highest BCUT2D eigenvalue weighted by atomic mass is 16.5. The molecule has 0 spiro atoms. The molecule has 0 aliphatic rings. The van der Waals surface area contributed by atoms with Crippen LogP contribution >= 0.6 is 0 Å². The Balaban J connectivity index is 1.70. The molecule has 0 radical (unpaired) electrons. The second-order valence-corrected chi connectivity index (χ2v) is 5.52. The van der Waals surface area contributed by atoms with Gasteiger partial charge in [0.05, 0.1) is 0 Å². The smallest absolute Gasteiger partial charge is 0.276 e. The van der Waals surface area contributed by atoms with Gasteiger partial charge in [-0.1, -0.05) is 17.3 Å². The summed E-state index contributed by atoms with van der Waals surface area (Å²) >= 11 is 0. The quantitative estimate of drug-likeness (QED) is 0.764. The molecule has 7 nitrogen and oxygen atoms in total. The topological polar surface area (TPSA) is 92.9 Å². The highest BCUT2D eigenvalue weighted by Crippen LogP contribution is 2.18. The molecule has 0 bridgehead atoms. The first-order valence-corrected chi connectivity index (χ1v) is 7.44. The number of benzene rings is 1. The summed E-state index contributed by atoms with van der Waals surface area (Å²) in [4.78, 5) is 12.3. The van der Waals surface area contributed by atoms with Crippen LogP contribution in [0.2, 0.25) is 0 Å². The summed E-state index contributed by atoms with van der Waals surface area (Å²) in [5.41, 5.74) is 3.06. The zero-order valence-electron chi connectivity index (χ0n) is 13.6. The predicted molar refractivity (Wildman–Crippen MR) is 90.4 cm³/mol. The number of hydrogen-bond donors (Lipinski definition) is 2. The molecule has 0 saturated carbocycles. The molecular formula is C17H17N5O2. The number of carbonyl (C=O) groups is 1. The van der Waals surface area contributed by atoms with E-state index in [2.05, 4.69) is 26.0 Å². The number of aromatic nitrogens is 3. The molecule has 0 unspecified atom stereocenters. The molecule has 0 saturated heterocycles. The Morgan fingerprint density at radius 1 is 1.00 bits per heavy atom. The monoisotopic (exact) mass is 323 g/mol. The van der Waals surface area contributed by atoms with Crippen LogP contribution in [0.5, 0.6) is 0 Å². The van der Waals surface area contributed by atoms with E-state index in [1.807, 2.05) is 32.0 Å². The maximum absolute atomic E-state index is 12.3. The third kappa shape index (κ3) is 3.57. The number of amides is 1. The van der Waals surface area contributed by atoms with Gasteiger partial charge in [-0.15, -0.1) is 10.2 Å². The van der Waals surface area contributed by atoms with Gasteiger partial charge >= 0.3 is 0 Å². The molecule has 1 amide bonds. The molecule has 2 heterocycles. The first-order chi connectivity index (χ1) is 11.5. The predicted octanol–water partition coefficient (Wildman–Crippen LogP) is 3.39. The fourth-order valence-electron chi connectivity index (χ4n) is 2.13. The summed E-state index contributed by atoms with van der Waals surface area (Å²) in [6, 6.07) is 10.9. The van der Waals surface area contributed by atoms with Crippen molar-refractivity contribution in [3.63, 3.8) is 0 Å². The van der Waals surface area contributed by atoms with Gasteiger partial charge in [-0.2, -0.15) is 0 Å². The van der Waals surface area contributed by atoms with Gasteiger partial charge in [0.2, 0.25) is 0 Å². The lowest BCUT2D eigenvalue weighted by molar-refractivity contribution is 0.102. The van der Waals surface area contributed by atoms with E-state index in [-0.39, 0.29) is 11.6 Å². The average Bonchev–Trinajstić information content (AvgIpc) is 2.96. The zero-order chi connectivity index (χ0) is 17.1. The molecule has 0 aliphatic carbocycles. The van der Waals surface area contributed by atoms with Crippen molar-refractivity contribution < 1.29 is 9.32 Å². The third-order valence-corrected chi connectivity index (χ3v) is 3.42. The lowest BCUT2D eigenvalue weighted by Gasteiger charge is -2.09. The van der Waals surface area contributed by atoms with Gasteiger partial charge in [-0.25, -0.2) is 0 Å². The number of rotatable bonds is 4. The second kappa shape index (κ2) is 6.49. The lowest BCUT2D eigenvalue weighted by atomic mass is 10.1. The van der Waals surface area contributed by atoms with Crippen molar-refractivity contribution in [2.45, 2.75) is 20.8 Å². The van der Waals surface area contributed by atoms with Crippen LogP contribution in [0.15, 0.2) is 40.9 Å².